The Labute approximate surface area is 130 Å². The fourth-order valence-corrected chi connectivity index (χ4v) is 2.07. The number of nitrogens with one attached hydrogen (secondary N) is 1. The number of ketones is 1. The lowest BCUT2D eigenvalue weighted by Crippen LogP contribution is -2.02. The van der Waals surface area contributed by atoms with E-state index in [2.05, 4.69) is 5.32 Å². The van der Waals surface area contributed by atoms with Crippen LogP contribution in [0.25, 0.3) is 0 Å². The number of phenolic OH excluding ortho intramolecular Hbond substituents is 1. The molecule has 4 nitrogen and oxygen atoms in total. The van der Waals surface area contributed by atoms with E-state index in [0.717, 1.165) is 22.7 Å². The van der Waals surface area contributed by atoms with Gasteiger partial charge in [0.25, 0.3) is 0 Å². The second-order valence-electron chi connectivity index (χ2n) is 5.04. The number of aromatic hydroxyl groups is 1. The zero-order valence-electron chi connectivity index (χ0n) is 12.9. The molecule has 0 fully saturated rings. The third-order valence-electron chi connectivity index (χ3n) is 3.26. The molecule has 0 saturated heterocycles. The second-order valence-corrected chi connectivity index (χ2v) is 5.04. The summed E-state index contributed by atoms with van der Waals surface area (Å²) in [4.78, 5) is 12.2. The topological polar surface area (TPSA) is 58.6 Å². The first-order valence-electron chi connectivity index (χ1n) is 6.93. The largest absolute Gasteiger partial charge is 0.508 e. The van der Waals surface area contributed by atoms with Crippen LogP contribution in [0.15, 0.2) is 54.2 Å². The van der Waals surface area contributed by atoms with Crippen molar-refractivity contribution >= 4 is 11.5 Å². The molecule has 0 heterocycles. The van der Waals surface area contributed by atoms with Crippen molar-refractivity contribution in [3.8, 4) is 11.5 Å². The molecule has 0 unspecified atom stereocenters. The zero-order valence-corrected chi connectivity index (χ0v) is 12.9. The van der Waals surface area contributed by atoms with Gasteiger partial charge in [0, 0.05) is 23.0 Å². The number of carbonyl (C=O) groups is 1. The molecule has 0 radical (unpaired) electrons. The van der Waals surface area contributed by atoms with E-state index in [0.29, 0.717) is 5.56 Å². The Morgan fingerprint density at radius 2 is 1.86 bits per heavy atom. The molecule has 2 rings (SSSR count). The average molecular weight is 297 g/mol. The fraction of sp³-hybridized carbons (Fsp3) is 0.167. The molecule has 2 N–H and O–H groups in total. The van der Waals surface area contributed by atoms with Gasteiger partial charge in [0.2, 0.25) is 0 Å². The number of carbonyl (C=O) groups excluding carboxylic acids is 1. The molecule has 0 aliphatic carbocycles. The van der Waals surface area contributed by atoms with Crippen molar-refractivity contribution in [1.29, 1.82) is 0 Å². The number of methoxy groups -OCH3 is 1. The molecule has 0 atom stereocenters. The van der Waals surface area contributed by atoms with Gasteiger partial charge in [-0.3, -0.25) is 4.79 Å². The average Bonchev–Trinajstić information content (AvgIpc) is 2.50. The van der Waals surface area contributed by atoms with Gasteiger partial charge in [-0.1, -0.05) is 0 Å². The quantitative estimate of drug-likeness (QED) is 0.499. The first kappa shape index (κ1) is 15.6. The Morgan fingerprint density at radius 3 is 2.45 bits per heavy atom. The highest BCUT2D eigenvalue weighted by Crippen LogP contribution is 2.21. The van der Waals surface area contributed by atoms with Gasteiger partial charge in [-0.05, 0) is 61.9 Å². The number of benzene rings is 2. The van der Waals surface area contributed by atoms with Gasteiger partial charge in [-0.15, -0.1) is 0 Å². The summed E-state index contributed by atoms with van der Waals surface area (Å²) in [6.45, 7) is 3.72. The highest BCUT2D eigenvalue weighted by molar-refractivity contribution is 6.05. The van der Waals surface area contributed by atoms with Crippen LogP contribution in [0.1, 0.15) is 22.8 Å². The molecule has 0 spiro atoms. The van der Waals surface area contributed by atoms with Crippen LogP contribution in [0.2, 0.25) is 0 Å². The number of rotatable bonds is 5. The lowest BCUT2D eigenvalue weighted by molar-refractivity contribution is 0.104. The molecule has 0 aliphatic rings. The maximum atomic E-state index is 12.2. The first-order chi connectivity index (χ1) is 10.5. The Kier molecular flexibility index (Phi) is 4.84. The Bertz CT molecular complexity index is 703. The molecule has 0 bridgehead atoms. The predicted octanol–water partition coefficient (Wildman–Crippen LogP) is 3.91. The summed E-state index contributed by atoms with van der Waals surface area (Å²) in [5.74, 6) is 0.859. The van der Waals surface area contributed by atoms with Gasteiger partial charge < -0.3 is 15.2 Å². The lowest BCUT2D eigenvalue weighted by Gasteiger charge is -2.10. The fourth-order valence-electron chi connectivity index (χ4n) is 2.07. The van der Waals surface area contributed by atoms with Crippen LogP contribution < -0.4 is 10.1 Å². The minimum absolute atomic E-state index is 0.0796. The number of aryl methyl sites for hydroxylation is 1. The van der Waals surface area contributed by atoms with E-state index in [9.17, 15) is 9.90 Å². The molecule has 4 heteroatoms. The van der Waals surface area contributed by atoms with Crippen molar-refractivity contribution in [2.45, 2.75) is 13.8 Å². The van der Waals surface area contributed by atoms with Crippen molar-refractivity contribution in [2.75, 3.05) is 12.4 Å². The van der Waals surface area contributed by atoms with Gasteiger partial charge in [-0.25, -0.2) is 0 Å². The molecule has 22 heavy (non-hydrogen) atoms. The predicted molar refractivity (Wildman–Crippen MR) is 87.5 cm³/mol. The molecule has 114 valence electrons. The number of allylic oxidation sites excluding steroid dienone is 2. The van der Waals surface area contributed by atoms with Crippen LogP contribution in [-0.4, -0.2) is 18.0 Å². The van der Waals surface area contributed by atoms with Gasteiger partial charge in [0.05, 0.1) is 7.11 Å². The van der Waals surface area contributed by atoms with E-state index in [1.807, 2.05) is 13.8 Å². The van der Waals surface area contributed by atoms with Crippen LogP contribution in [0.5, 0.6) is 11.5 Å². The Hall–Kier alpha value is -2.75. The molecule has 2 aromatic carbocycles. The van der Waals surface area contributed by atoms with Gasteiger partial charge >= 0.3 is 0 Å². The van der Waals surface area contributed by atoms with Crippen LogP contribution in [-0.2, 0) is 0 Å². The molecule has 0 aromatic heterocycles. The molecule has 2 aromatic rings. The second kappa shape index (κ2) is 6.80. The monoisotopic (exact) mass is 297 g/mol. The maximum Gasteiger partial charge on any atom is 0.187 e. The minimum atomic E-state index is -0.0796. The summed E-state index contributed by atoms with van der Waals surface area (Å²) in [6.07, 6.45) is 1.55. The Balaban J connectivity index is 2.11. The number of anilines is 1. The third-order valence-corrected chi connectivity index (χ3v) is 3.26. The molecule has 0 aliphatic heterocycles. The van der Waals surface area contributed by atoms with Crippen LogP contribution in [0.3, 0.4) is 0 Å². The molecular formula is C18H19NO3. The molecular weight excluding hydrogens is 278 g/mol. The Morgan fingerprint density at radius 1 is 1.18 bits per heavy atom. The van der Waals surface area contributed by atoms with Gasteiger partial charge in [-0.2, -0.15) is 0 Å². The van der Waals surface area contributed by atoms with E-state index in [-0.39, 0.29) is 11.5 Å². The van der Waals surface area contributed by atoms with Gasteiger partial charge in [0.15, 0.2) is 5.78 Å². The number of phenols is 1. The highest BCUT2D eigenvalue weighted by Gasteiger charge is 2.05. The third kappa shape index (κ3) is 3.88. The summed E-state index contributed by atoms with van der Waals surface area (Å²) in [5.41, 5.74) is 3.10. The lowest BCUT2D eigenvalue weighted by atomic mass is 10.1. The van der Waals surface area contributed by atoms with E-state index < -0.39 is 0 Å². The van der Waals surface area contributed by atoms with Crippen LogP contribution >= 0.6 is 0 Å². The highest BCUT2D eigenvalue weighted by atomic mass is 16.5. The van der Waals surface area contributed by atoms with Crippen molar-refractivity contribution in [2.24, 2.45) is 0 Å². The van der Waals surface area contributed by atoms with Crippen LogP contribution in [0.4, 0.5) is 5.69 Å². The summed E-state index contributed by atoms with van der Waals surface area (Å²) in [5, 5.41) is 12.6. The normalized spacial score (nSPS) is 11.1. The number of hydrogen-bond acceptors (Lipinski definition) is 4. The zero-order chi connectivity index (χ0) is 16.1. The summed E-state index contributed by atoms with van der Waals surface area (Å²) in [6, 6.07) is 12.0. The summed E-state index contributed by atoms with van der Waals surface area (Å²) in [7, 11) is 1.59. The van der Waals surface area contributed by atoms with E-state index in [4.69, 9.17) is 4.74 Å². The van der Waals surface area contributed by atoms with Crippen molar-refractivity contribution < 1.29 is 14.6 Å². The van der Waals surface area contributed by atoms with Crippen LogP contribution in [0, 0.1) is 6.92 Å². The number of ether oxygens (including phenoxy) is 1. The molecule has 0 saturated carbocycles. The van der Waals surface area contributed by atoms with Crippen molar-refractivity contribution in [3.63, 3.8) is 0 Å². The van der Waals surface area contributed by atoms with Gasteiger partial charge in [0.1, 0.15) is 11.5 Å². The summed E-state index contributed by atoms with van der Waals surface area (Å²) < 4.78 is 5.07. The minimum Gasteiger partial charge on any atom is -0.508 e. The SMILES string of the molecule is COc1ccc(C(=O)C=C(C)Nc2ccc(O)cc2C)cc1. The summed E-state index contributed by atoms with van der Waals surface area (Å²) >= 11 is 0. The van der Waals surface area contributed by atoms with E-state index >= 15 is 0 Å². The van der Waals surface area contributed by atoms with E-state index in [1.54, 1.807) is 55.7 Å². The van der Waals surface area contributed by atoms with Crippen molar-refractivity contribution in [1.82, 2.24) is 0 Å². The van der Waals surface area contributed by atoms with E-state index in [1.165, 1.54) is 0 Å². The maximum absolute atomic E-state index is 12.2. The smallest absolute Gasteiger partial charge is 0.187 e. The number of hydrogen-bond donors (Lipinski definition) is 2. The van der Waals surface area contributed by atoms with Crippen molar-refractivity contribution in [3.05, 3.63) is 65.4 Å². The first-order valence-corrected chi connectivity index (χ1v) is 6.93. The molecule has 0 amide bonds. The standard InChI is InChI=1S/C18H19NO3/c1-12-10-15(20)6-9-17(12)19-13(2)11-18(21)14-4-7-16(22-3)8-5-14/h4-11,19-20H,1-3H3.